The van der Waals surface area contributed by atoms with Crippen LogP contribution in [0.2, 0.25) is 5.02 Å². The Morgan fingerprint density at radius 1 is 0.857 bits per heavy atom. The Labute approximate surface area is 289 Å². The van der Waals surface area contributed by atoms with E-state index >= 15 is 0 Å². The molecule has 1 unspecified atom stereocenters. The lowest BCUT2D eigenvalue weighted by Crippen LogP contribution is -2.51. The summed E-state index contributed by atoms with van der Waals surface area (Å²) in [4.78, 5) is 36.4. The van der Waals surface area contributed by atoms with E-state index in [2.05, 4.69) is 15.2 Å². The molecule has 1 aromatic heterocycles. The van der Waals surface area contributed by atoms with Crippen molar-refractivity contribution in [3.63, 3.8) is 0 Å². The van der Waals surface area contributed by atoms with E-state index in [1.54, 1.807) is 35.5 Å². The van der Waals surface area contributed by atoms with Crippen LogP contribution in [0.3, 0.4) is 0 Å². The van der Waals surface area contributed by atoms with Gasteiger partial charge in [-0.25, -0.2) is 8.42 Å². The van der Waals surface area contributed by atoms with Crippen molar-refractivity contribution in [2.75, 3.05) is 64.8 Å². The molecule has 0 spiro atoms. The molecule has 49 heavy (non-hydrogen) atoms. The molecule has 256 valence electrons. The third kappa shape index (κ3) is 5.86. The van der Waals surface area contributed by atoms with E-state index in [1.165, 1.54) is 58.8 Å². The van der Waals surface area contributed by atoms with Gasteiger partial charge < -0.3 is 34.1 Å². The average molecular weight is 707 g/mol. The Kier molecular flexibility index (Phi) is 9.32. The van der Waals surface area contributed by atoms with Crippen molar-refractivity contribution < 1.29 is 37.0 Å². The van der Waals surface area contributed by atoms with Gasteiger partial charge in [0.15, 0.2) is 11.5 Å². The number of aromatic nitrogens is 1. The van der Waals surface area contributed by atoms with Gasteiger partial charge in [0.1, 0.15) is 21.8 Å². The van der Waals surface area contributed by atoms with Gasteiger partial charge in [-0.3, -0.25) is 14.6 Å². The first-order chi connectivity index (χ1) is 23.6. The largest absolute Gasteiger partial charge is 0.497 e. The molecule has 0 aliphatic carbocycles. The van der Waals surface area contributed by atoms with Crippen molar-refractivity contribution in [2.45, 2.75) is 21.6 Å². The number of hydrogen-bond donors (Lipinski definition) is 1. The zero-order valence-electron chi connectivity index (χ0n) is 27.4. The van der Waals surface area contributed by atoms with Crippen LogP contribution in [0.25, 0.3) is 0 Å². The highest BCUT2D eigenvalue weighted by Gasteiger charge is 2.54. The van der Waals surface area contributed by atoms with Crippen LogP contribution in [-0.4, -0.2) is 84.7 Å². The Morgan fingerprint density at radius 3 is 2.22 bits per heavy atom. The number of anilines is 2. The summed E-state index contributed by atoms with van der Waals surface area (Å²) in [5.74, 6) is 0.0759. The molecule has 0 radical (unpaired) electrons. The van der Waals surface area contributed by atoms with E-state index in [9.17, 15) is 18.0 Å². The molecule has 1 atom stereocenters. The maximum Gasteiger partial charge on any atom is 0.240 e. The number of rotatable bonds is 10. The highest BCUT2D eigenvalue weighted by molar-refractivity contribution is 7.91. The van der Waals surface area contributed by atoms with E-state index in [0.29, 0.717) is 43.2 Å². The molecule has 6 rings (SSSR count). The maximum absolute atomic E-state index is 14.5. The normalized spacial score (nSPS) is 17.3. The molecule has 12 nitrogen and oxygen atoms in total. The van der Waals surface area contributed by atoms with Gasteiger partial charge >= 0.3 is 0 Å². The number of benzene rings is 3. The van der Waals surface area contributed by atoms with Crippen LogP contribution in [-0.2, 0) is 24.8 Å². The lowest BCUT2D eigenvalue weighted by atomic mass is 9.72. The summed E-state index contributed by atoms with van der Waals surface area (Å²) in [6, 6.07) is 16.0. The molecule has 1 N–H and O–H groups in total. The number of sulfone groups is 1. The Bertz CT molecular complexity index is 2020. The number of methoxy groups -OCH3 is 4. The van der Waals surface area contributed by atoms with Crippen molar-refractivity contribution in [3.8, 4) is 23.0 Å². The first kappa shape index (κ1) is 33.9. The van der Waals surface area contributed by atoms with Gasteiger partial charge in [0.2, 0.25) is 21.7 Å². The molecule has 3 heterocycles. The molecule has 0 bridgehead atoms. The van der Waals surface area contributed by atoms with Crippen LogP contribution in [0.4, 0.5) is 11.4 Å². The molecule has 2 amide bonds. The monoisotopic (exact) mass is 706 g/mol. The van der Waals surface area contributed by atoms with Gasteiger partial charge in [-0.15, -0.1) is 0 Å². The second-order valence-corrected chi connectivity index (χ2v) is 13.8. The minimum atomic E-state index is -4.36. The fourth-order valence-electron chi connectivity index (χ4n) is 6.59. The highest BCUT2D eigenvalue weighted by Crippen LogP contribution is 2.53. The van der Waals surface area contributed by atoms with Crippen LogP contribution in [0, 0.1) is 0 Å². The lowest BCUT2D eigenvalue weighted by Gasteiger charge is -2.38. The number of fused-ring (bicyclic) bond motifs is 1. The number of piperazine rings is 1. The summed E-state index contributed by atoms with van der Waals surface area (Å²) in [7, 11) is 1.35. The first-order valence-corrected chi connectivity index (χ1v) is 17.2. The number of para-hydroxylation sites is 1. The number of nitrogens with one attached hydrogen (secondary N) is 1. The number of ether oxygens (including phenoxy) is 4. The minimum Gasteiger partial charge on any atom is -0.497 e. The van der Waals surface area contributed by atoms with Crippen LogP contribution in [0.15, 0.2) is 82.8 Å². The van der Waals surface area contributed by atoms with Gasteiger partial charge in [0.25, 0.3) is 0 Å². The van der Waals surface area contributed by atoms with E-state index < -0.39 is 21.2 Å². The summed E-state index contributed by atoms with van der Waals surface area (Å²) in [5, 5.41) is 2.87. The Morgan fingerprint density at radius 2 is 1.57 bits per heavy atom. The molecule has 1 saturated heterocycles. The zero-order valence-corrected chi connectivity index (χ0v) is 28.9. The fraction of sp³-hybridized carbons (Fsp3) is 0.286. The predicted octanol–water partition coefficient (Wildman–Crippen LogP) is 4.58. The summed E-state index contributed by atoms with van der Waals surface area (Å²) in [5.41, 5.74) is -0.199. The number of nitrogens with zero attached hydrogens (tertiary/aromatic N) is 3. The summed E-state index contributed by atoms with van der Waals surface area (Å²) in [6.07, 6.45) is 3.10. The number of carbonyl (C=O) groups is 2. The van der Waals surface area contributed by atoms with Crippen LogP contribution < -0.4 is 29.2 Å². The van der Waals surface area contributed by atoms with Crippen LogP contribution >= 0.6 is 11.6 Å². The van der Waals surface area contributed by atoms with Gasteiger partial charge in [0.05, 0.1) is 39.0 Å². The Balaban J connectivity index is 1.48. The molecule has 14 heteroatoms. The number of carbonyl (C=O) groups excluding carboxylic acids is 2. The second kappa shape index (κ2) is 13.5. The number of halogens is 1. The van der Waals surface area contributed by atoms with Crippen molar-refractivity contribution in [1.29, 1.82) is 0 Å². The quantitative estimate of drug-likeness (QED) is 0.250. The predicted molar refractivity (Wildman–Crippen MR) is 183 cm³/mol. The topological polar surface area (TPSA) is 137 Å². The van der Waals surface area contributed by atoms with Crippen molar-refractivity contribution >= 4 is 44.6 Å². The van der Waals surface area contributed by atoms with Crippen LogP contribution in [0.1, 0.15) is 17.5 Å². The van der Waals surface area contributed by atoms with E-state index in [-0.39, 0.29) is 49.9 Å². The third-order valence-corrected chi connectivity index (χ3v) is 11.1. The smallest absolute Gasteiger partial charge is 0.240 e. The van der Waals surface area contributed by atoms with Gasteiger partial charge in [-0.05, 0) is 48.0 Å². The van der Waals surface area contributed by atoms with Crippen molar-refractivity contribution in [1.82, 2.24) is 9.88 Å². The average Bonchev–Trinajstić information content (AvgIpc) is 3.41. The number of amides is 2. The molecule has 2 aliphatic rings. The standard InChI is InChI=1S/C35H35ClN4O8S/c1-45-24-8-9-29(28(20-24)47-3)49(43,44)30-19-22(36)18-26-32(30)38-34(42)35(26,25-6-5-7-27(46-2)33(25)48-4)21-31(41)40-16-14-39(15-17-40)23-10-12-37-13-11-23/h5-13,18-20H,14-17,21H2,1-4H3,(H,38,42). The summed E-state index contributed by atoms with van der Waals surface area (Å²) >= 11 is 6.68. The minimum absolute atomic E-state index is 0.00690. The van der Waals surface area contributed by atoms with E-state index in [0.717, 1.165) is 5.69 Å². The molecule has 4 aromatic rings. The van der Waals surface area contributed by atoms with Gasteiger partial charge in [-0.2, -0.15) is 0 Å². The fourth-order valence-corrected chi connectivity index (χ4v) is 8.47. The molecular formula is C35H35ClN4O8S. The van der Waals surface area contributed by atoms with E-state index in [4.69, 9.17) is 30.5 Å². The Hall–Kier alpha value is -5.01. The zero-order chi connectivity index (χ0) is 34.9. The third-order valence-electron chi connectivity index (χ3n) is 9.04. The first-order valence-electron chi connectivity index (χ1n) is 15.4. The summed E-state index contributed by atoms with van der Waals surface area (Å²) < 4.78 is 50.8. The van der Waals surface area contributed by atoms with Crippen molar-refractivity contribution in [2.24, 2.45) is 0 Å². The van der Waals surface area contributed by atoms with Crippen molar-refractivity contribution in [3.05, 3.63) is 89.2 Å². The van der Waals surface area contributed by atoms with Gasteiger partial charge in [0, 0.05) is 67.3 Å². The van der Waals surface area contributed by atoms with E-state index in [1.807, 2.05) is 12.1 Å². The second-order valence-electron chi connectivity index (χ2n) is 11.5. The lowest BCUT2D eigenvalue weighted by molar-refractivity contribution is -0.135. The highest BCUT2D eigenvalue weighted by atomic mass is 35.5. The molecule has 2 aliphatic heterocycles. The molecule has 1 fully saturated rings. The van der Waals surface area contributed by atoms with Crippen LogP contribution in [0.5, 0.6) is 23.0 Å². The molecule has 0 saturated carbocycles. The summed E-state index contributed by atoms with van der Waals surface area (Å²) in [6.45, 7) is 1.97. The number of pyridine rings is 1. The molecular weight excluding hydrogens is 672 g/mol. The number of hydrogen-bond acceptors (Lipinski definition) is 10. The van der Waals surface area contributed by atoms with Gasteiger partial charge in [-0.1, -0.05) is 23.7 Å². The molecule has 3 aromatic carbocycles. The SMILES string of the molecule is COc1ccc(S(=O)(=O)c2cc(Cl)cc3c2NC(=O)C3(CC(=O)N2CCN(c3ccncc3)CC2)c2cccc(OC)c2OC)c(OC)c1. The maximum atomic E-state index is 14.5.